The van der Waals surface area contributed by atoms with Gasteiger partial charge < -0.3 is 14.5 Å². The minimum absolute atomic E-state index is 0.143. The molecule has 0 saturated heterocycles. The summed E-state index contributed by atoms with van der Waals surface area (Å²) in [5, 5.41) is 0. The summed E-state index contributed by atoms with van der Waals surface area (Å²) >= 11 is 0. The van der Waals surface area contributed by atoms with Crippen molar-refractivity contribution in [2.75, 3.05) is 9.80 Å². The van der Waals surface area contributed by atoms with Crippen LogP contribution in [0.1, 0.15) is 36.1 Å². The molecule has 0 spiro atoms. The number of fused-ring (bicyclic) bond motifs is 8. The Hall–Kier alpha value is -7.62. The monoisotopic (exact) mass is 784 g/mol. The highest BCUT2D eigenvalue weighted by atomic mass is 16.5. The zero-order valence-electron chi connectivity index (χ0n) is 34.3. The molecule has 0 fully saturated rings. The van der Waals surface area contributed by atoms with Gasteiger partial charge in [-0.1, -0.05) is 154 Å². The zero-order chi connectivity index (χ0) is 41.1. The molecule has 3 heteroatoms. The van der Waals surface area contributed by atoms with Crippen molar-refractivity contribution in [1.82, 2.24) is 0 Å². The molecule has 0 aromatic heterocycles. The van der Waals surface area contributed by atoms with Crippen LogP contribution in [0.25, 0.3) is 39.0 Å². The van der Waals surface area contributed by atoms with Crippen LogP contribution in [-0.2, 0) is 11.8 Å². The zero-order valence-corrected chi connectivity index (χ0v) is 34.3. The van der Waals surface area contributed by atoms with Gasteiger partial charge in [-0.2, -0.15) is 0 Å². The largest absolute Gasteiger partial charge is 0.453 e. The van der Waals surface area contributed by atoms with E-state index in [-0.39, 0.29) is 5.41 Å². The first-order valence-corrected chi connectivity index (χ1v) is 21.1. The highest BCUT2D eigenvalue weighted by Gasteiger charge is 2.36. The SMILES string of the molecule is C=C1/C=C(N(c2ccc(-c3ccc4c(c3)Oc3ccccc3N4c3ccccc3)cc2)c2ccc3c(c2)C(C)(C)c2ccccc2-3)\C=C/Cc2ccccc2-c2ccccc21. The molecule has 1 aliphatic heterocycles. The first-order valence-electron chi connectivity index (χ1n) is 21.1. The molecule has 0 N–H and O–H groups in total. The minimum Gasteiger partial charge on any atom is -0.453 e. The third kappa shape index (κ3) is 6.20. The molecule has 0 bridgehead atoms. The Morgan fingerprint density at radius 2 is 1.16 bits per heavy atom. The summed E-state index contributed by atoms with van der Waals surface area (Å²) in [6, 6.07) is 67.4. The maximum absolute atomic E-state index is 6.59. The Balaban J connectivity index is 1.02. The van der Waals surface area contributed by atoms with Gasteiger partial charge in [0.1, 0.15) is 0 Å². The fourth-order valence-electron chi connectivity index (χ4n) is 9.58. The van der Waals surface area contributed by atoms with E-state index in [9.17, 15) is 0 Å². The van der Waals surface area contributed by atoms with Crippen LogP contribution in [-0.4, -0.2) is 0 Å². The van der Waals surface area contributed by atoms with Crippen molar-refractivity contribution in [3.05, 3.63) is 241 Å². The van der Waals surface area contributed by atoms with Crippen LogP contribution < -0.4 is 14.5 Å². The molecule has 8 aromatic rings. The quantitative estimate of drug-likeness (QED) is 0.173. The Kier molecular flexibility index (Phi) is 8.72. The highest BCUT2D eigenvalue weighted by Crippen LogP contribution is 2.52. The van der Waals surface area contributed by atoms with Gasteiger partial charge >= 0.3 is 0 Å². The molecule has 2 aliphatic carbocycles. The lowest BCUT2D eigenvalue weighted by molar-refractivity contribution is 0.477. The van der Waals surface area contributed by atoms with Crippen LogP contribution in [0.2, 0.25) is 0 Å². The van der Waals surface area contributed by atoms with Crippen LogP contribution in [0.5, 0.6) is 11.5 Å². The van der Waals surface area contributed by atoms with Gasteiger partial charge in [-0.05, 0) is 140 Å². The van der Waals surface area contributed by atoms with Gasteiger partial charge in [-0.15, -0.1) is 0 Å². The van der Waals surface area contributed by atoms with Crippen LogP contribution in [0.15, 0.2) is 219 Å². The standard InChI is InChI=1S/C58H44N2O/c1-39-36-45(20-15-17-41-16-7-8-22-48(41)49-23-10-9-21-47(39)49)59(46-33-34-51-50-24-11-12-25-52(50)58(2,3)53(51)38-46)44-31-28-40(29-32-44)42-30-35-55-57(37-42)61-56-27-14-13-26-54(56)60(55)43-18-5-4-6-19-43/h4-16,18-38H,1,17H2,2-3H3/b20-15-,45-36+. The number of nitrogens with zero attached hydrogens (tertiary/aromatic N) is 2. The van der Waals surface area contributed by atoms with Crippen molar-refractivity contribution < 1.29 is 4.74 Å². The van der Waals surface area contributed by atoms with Crippen molar-refractivity contribution in [2.45, 2.75) is 25.7 Å². The minimum atomic E-state index is -0.143. The van der Waals surface area contributed by atoms with E-state index in [0.29, 0.717) is 0 Å². The molecule has 0 atom stereocenters. The molecule has 0 saturated carbocycles. The molecule has 8 aromatic carbocycles. The first-order chi connectivity index (χ1) is 29.9. The molecule has 0 unspecified atom stereocenters. The van der Waals surface area contributed by atoms with Gasteiger partial charge in [0.15, 0.2) is 11.5 Å². The number of para-hydroxylation sites is 3. The van der Waals surface area contributed by atoms with Crippen molar-refractivity contribution in [3.8, 4) is 44.9 Å². The smallest absolute Gasteiger partial charge is 0.152 e. The summed E-state index contributed by atoms with van der Waals surface area (Å²) in [5.41, 5.74) is 19.5. The third-order valence-corrected chi connectivity index (χ3v) is 12.6. The van der Waals surface area contributed by atoms with E-state index < -0.39 is 0 Å². The summed E-state index contributed by atoms with van der Waals surface area (Å²) in [5.74, 6) is 1.66. The van der Waals surface area contributed by atoms with Gasteiger partial charge in [0.2, 0.25) is 0 Å². The van der Waals surface area contributed by atoms with Gasteiger partial charge in [-0.25, -0.2) is 0 Å². The number of rotatable bonds is 5. The molecule has 292 valence electrons. The van der Waals surface area contributed by atoms with E-state index in [4.69, 9.17) is 11.3 Å². The van der Waals surface area contributed by atoms with E-state index in [0.717, 1.165) is 74.3 Å². The van der Waals surface area contributed by atoms with Crippen molar-refractivity contribution in [2.24, 2.45) is 0 Å². The van der Waals surface area contributed by atoms with Crippen molar-refractivity contribution in [1.29, 1.82) is 0 Å². The molecule has 61 heavy (non-hydrogen) atoms. The van der Waals surface area contributed by atoms with Crippen LogP contribution in [0.4, 0.5) is 28.4 Å². The number of allylic oxidation sites excluding steroid dienone is 4. The van der Waals surface area contributed by atoms with Gasteiger partial charge in [-0.3, -0.25) is 0 Å². The normalized spacial score (nSPS) is 15.7. The van der Waals surface area contributed by atoms with Crippen LogP contribution in [0.3, 0.4) is 0 Å². The Morgan fingerprint density at radius 1 is 0.525 bits per heavy atom. The van der Waals surface area contributed by atoms with Gasteiger partial charge in [0.25, 0.3) is 0 Å². The van der Waals surface area contributed by atoms with Crippen LogP contribution >= 0.6 is 0 Å². The van der Waals surface area contributed by atoms with Gasteiger partial charge in [0.05, 0.1) is 11.4 Å². The molecule has 3 nitrogen and oxygen atoms in total. The molecular formula is C58H44N2O. The molecular weight excluding hydrogens is 741 g/mol. The second-order valence-corrected chi connectivity index (χ2v) is 16.6. The summed E-state index contributed by atoms with van der Waals surface area (Å²) in [6.45, 7) is 9.40. The second kappa shape index (κ2) is 14.6. The lowest BCUT2D eigenvalue weighted by Gasteiger charge is -2.33. The number of anilines is 5. The number of hydrogen-bond donors (Lipinski definition) is 0. The maximum atomic E-state index is 6.59. The third-order valence-electron chi connectivity index (χ3n) is 12.6. The lowest BCUT2D eigenvalue weighted by atomic mass is 9.82. The predicted molar refractivity (Wildman–Crippen MR) is 255 cm³/mol. The highest BCUT2D eigenvalue weighted by molar-refractivity contribution is 5.91. The predicted octanol–water partition coefficient (Wildman–Crippen LogP) is 15.8. The Morgan fingerprint density at radius 3 is 2.00 bits per heavy atom. The summed E-state index contributed by atoms with van der Waals surface area (Å²) in [6.07, 6.45) is 7.63. The number of hydrogen-bond acceptors (Lipinski definition) is 3. The summed E-state index contributed by atoms with van der Waals surface area (Å²) in [4.78, 5) is 4.67. The fourth-order valence-corrected chi connectivity index (χ4v) is 9.58. The number of benzene rings is 8. The second-order valence-electron chi connectivity index (χ2n) is 16.6. The van der Waals surface area contributed by atoms with Crippen molar-refractivity contribution >= 4 is 34.0 Å². The van der Waals surface area contributed by atoms with E-state index >= 15 is 0 Å². The molecule has 0 radical (unpaired) electrons. The Bertz CT molecular complexity index is 3080. The van der Waals surface area contributed by atoms with E-state index in [2.05, 4.69) is 218 Å². The maximum Gasteiger partial charge on any atom is 0.152 e. The summed E-state index contributed by atoms with van der Waals surface area (Å²) < 4.78 is 6.59. The average Bonchev–Trinajstić information content (AvgIpc) is 3.53. The molecule has 3 aliphatic rings. The van der Waals surface area contributed by atoms with Crippen molar-refractivity contribution in [3.63, 3.8) is 0 Å². The number of ether oxygens (including phenoxy) is 1. The average molecular weight is 785 g/mol. The molecule has 0 amide bonds. The van der Waals surface area contributed by atoms with Crippen LogP contribution in [0, 0.1) is 0 Å². The van der Waals surface area contributed by atoms with E-state index in [1.807, 2.05) is 12.1 Å². The first kappa shape index (κ1) is 36.5. The van der Waals surface area contributed by atoms with Gasteiger partial charge in [0, 0.05) is 28.2 Å². The van der Waals surface area contributed by atoms with E-state index in [1.54, 1.807) is 0 Å². The molecule has 11 rings (SSSR count). The summed E-state index contributed by atoms with van der Waals surface area (Å²) in [7, 11) is 0. The fraction of sp³-hybridized carbons (Fsp3) is 0.0690. The molecule has 1 heterocycles. The lowest BCUT2D eigenvalue weighted by Crippen LogP contribution is -2.18. The van der Waals surface area contributed by atoms with E-state index in [1.165, 1.54) is 38.9 Å². The topological polar surface area (TPSA) is 15.7 Å². The Labute approximate surface area is 358 Å².